The number of carbonyl (C=O) groups is 2. The Labute approximate surface area is 77.1 Å². The summed E-state index contributed by atoms with van der Waals surface area (Å²) in [6.45, 7) is 2.02. The van der Waals surface area contributed by atoms with Crippen molar-refractivity contribution in [1.82, 2.24) is 5.32 Å². The van der Waals surface area contributed by atoms with E-state index in [4.69, 9.17) is 9.84 Å². The molecule has 0 aliphatic rings. The van der Waals surface area contributed by atoms with Crippen molar-refractivity contribution in [2.45, 2.75) is 25.8 Å². The largest absolute Gasteiger partial charge is 0.481 e. The zero-order valence-corrected chi connectivity index (χ0v) is 7.87. The van der Waals surface area contributed by atoms with Gasteiger partial charge in [-0.25, -0.2) is 0 Å². The number of hydrogen-bond donors (Lipinski definition) is 2. The number of rotatable bonds is 6. The molecule has 0 amide bonds. The Bertz CT molecular complexity index is 181. The van der Waals surface area contributed by atoms with Crippen LogP contribution in [0.25, 0.3) is 0 Å². The van der Waals surface area contributed by atoms with Gasteiger partial charge in [0.25, 0.3) is 0 Å². The van der Waals surface area contributed by atoms with Crippen LogP contribution in [0.3, 0.4) is 0 Å². The molecule has 5 heteroatoms. The Morgan fingerprint density at radius 2 is 2.15 bits per heavy atom. The standard InChI is InChI=1S/C8H15NO4/c1-3-13-8(12)6(9-2)4-5-7(10)11/h6,9H,3-5H2,1-2H3,(H,10,11)/t6-/m1/s1. The highest BCUT2D eigenvalue weighted by Gasteiger charge is 2.18. The fourth-order valence-electron chi connectivity index (χ4n) is 0.891. The molecule has 0 aromatic carbocycles. The summed E-state index contributed by atoms with van der Waals surface area (Å²) in [6.07, 6.45) is 0.217. The van der Waals surface area contributed by atoms with Crippen molar-refractivity contribution < 1.29 is 19.4 Å². The molecule has 2 N–H and O–H groups in total. The van der Waals surface area contributed by atoms with E-state index in [1.807, 2.05) is 0 Å². The third kappa shape index (κ3) is 5.19. The summed E-state index contributed by atoms with van der Waals surface area (Å²) in [5.41, 5.74) is 0. The van der Waals surface area contributed by atoms with Gasteiger partial charge in [-0.05, 0) is 20.4 Å². The minimum absolute atomic E-state index is 0.0374. The Hall–Kier alpha value is -1.10. The van der Waals surface area contributed by atoms with Gasteiger partial charge in [-0.3, -0.25) is 9.59 Å². The SMILES string of the molecule is CCOC(=O)[C@@H](CCC(=O)O)NC. The normalized spacial score (nSPS) is 12.2. The molecule has 0 saturated heterocycles. The van der Waals surface area contributed by atoms with Gasteiger partial charge in [-0.1, -0.05) is 0 Å². The predicted octanol–water partition coefficient (Wildman–Crippen LogP) is 0.00230. The lowest BCUT2D eigenvalue weighted by Crippen LogP contribution is -2.36. The van der Waals surface area contributed by atoms with Crippen LogP contribution in [0.4, 0.5) is 0 Å². The van der Waals surface area contributed by atoms with Gasteiger partial charge < -0.3 is 15.2 Å². The van der Waals surface area contributed by atoms with Crippen molar-refractivity contribution in [1.29, 1.82) is 0 Å². The molecule has 0 radical (unpaired) electrons. The predicted molar refractivity (Wildman–Crippen MR) is 46.4 cm³/mol. The van der Waals surface area contributed by atoms with E-state index in [1.54, 1.807) is 14.0 Å². The van der Waals surface area contributed by atoms with Crippen LogP contribution in [-0.4, -0.2) is 36.7 Å². The van der Waals surface area contributed by atoms with Crippen molar-refractivity contribution in [3.05, 3.63) is 0 Å². The fourth-order valence-corrected chi connectivity index (χ4v) is 0.891. The van der Waals surface area contributed by atoms with Crippen LogP contribution in [0.1, 0.15) is 19.8 Å². The van der Waals surface area contributed by atoms with Gasteiger partial charge in [0.15, 0.2) is 0 Å². The Morgan fingerprint density at radius 3 is 2.54 bits per heavy atom. The number of carboxylic acids is 1. The zero-order chi connectivity index (χ0) is 10.3. The number of likely N-dealkylation sites (N-methyl/N-ethyl adjacent to an activating group) is 1. The van der Waals surface area contributed by atoms with Crippen LogP contribution >= 0.6 is 0 Å². The van der Waals surface area contributed by atoms with Gasteiger partial charge in [0.2, 0.25) is 0 Å². The highest BCUT2D eigenvalue weighted by molar-refractivity contribution is 5.76. The molecular formula is C8H15NO4. The first-order chi connectivity index (χ1) is 6.11. The molecule has 0 unspecified atom stereocenters. The van der Waals surface area contributed by atoms with Gasteiger partial charge in [-0.15, -0.1) is 0 Å². The average molecular weight is 189 g/mol. The molecule has 0 rings (SSSR count). The number of ether oxygens (including phenoxy) is 1. The van der Waals surface area contributed by atoms with Crippen LogP contribution in [0, 0.1) is 0 Å². The van der Waals surface area contributed by atoms with Gasteiger partial charge in [0.1, 0.15) is 6.04 Å². The van der Waals surface area contributed by atoms with Crippen molar-refractivity contribution in [2.75, 3.05) is 13.7 Å². The molecule has 0 fully saturated rings. The van der Waals surface area contributed by atoms with E-state index in [1.165, 1.54) is 0 Å². The lowest BCUT2D eigenvalue weighted by atomic mass is 10.1. The van der Waals surface area contributed by atoms with E-state index in [2.05, 4.69) is 5.32 Å². The Kier molecular flexibility index (Phi) is 5.88. The summed E-state index contributed by atoms with van der Waals surface area (Å²) in [7, 11) is 1.60. The Balaban J connectivity index is 3.87. The van der Waals surface area contributed by atoms with E-state index in [-0.39, 0.29) is 12.8 Å². The second-order valence-electron chi connectivity index (χ2n) is 2.53. The molecular weight excluding hydrogens is 174 g/mol. The molecule has 5 nitrogen and oxygen atoms in total. The second kappa shape index (κ2) is 6.42. The summed E-state index contributed by atoms with van der Waals surface area (Å²) in [5, 5.41) is 11.1. The highest BCUT2D eigenvalue weighted by Crippen LogP contribution is 1.99. The lowest BCUT2D eigenvalue weighted by molar-refractivity contribution is -0.146. The topological polar surface area (TPSA) is 75.6 Å². The number of aliphatic carboxylic acids is 1. The van der Waals surface area contributed by atoms with Crippen molar-refractivity contribution in [3.8, 4) is 0 Å². The van der Waals surface area contributed by atoms with E-state index >= 15 is 0 Å². The lowest BCUT2D eigenvalue weighted by Gasteiger charge is -2.12. The maximum absolute atomic E-state index is 11.1. The summed E-state index contributed by atoms with van der Waals surface area (Å²) < 4.78 is 4.73. The third-order valence-electron chi connectivity index (χ3n) is 1.57. The van der Waals surface area contributed by atoms with Crippen molar-refractivity contribution >= 4 is 11.9 Å². The first-order valence-corrected chi connectivity index (χ1v) is 4.17. The maximum atomic E-state index is 11.1. The van der Waals surface area contributed by atoms with Gasteiger partial charge in [-0.2, -0.15) is 0 Å². The van der Waals surface area contributed by atoms with E-state index in [9.17, 15) is 9.59 Å². The number of carbonyl (C=O) groups excluding carboxylic acids is 1. The minimum Gasteiger partial charge on any atom is -0.481 e. The molecule has 76 valence electrons. The smallest absolute Gasteiger partial charge is 0.323 e. The fraction of sp³-hybridized carbons (Fsp3) is 0.750. The molecule has 0 aliphatic heterocycles. The monoisotopic (exact) mass is 189 g/mol. The van der Waals surface area contributed by atoms with E-state index in [0.717, 1.165) is 0 Å². The zero-order valence-electron chi connectivity index (χ0n) is 7.87. The Morgan fingerprint density at radius 1 is 1.54 bits per heavy atom. The number of hydrogen-bond acceptors (Lipinski definition) is 4. The van der Waals surface area contributed by atoms with E-state index < -0.39 is 18.0 Å². The summed E-state index contributed by atoms with van der Waals surface area (Å²) in [4.78, 5) is 21.3. The van der Waals surface area contributed by atoms with Crippen LogP contribution in [-0.2, 0) is 14.3 Å². The second-order valence-corrected chi connectivity index (χ2v) is 2.53. The molecule has 0 aromatic rings. The van der Waals surface area contributed by atoms with Crippen molar-refractivity contribution in [2.24, 2.45) is 0 Å². The van der Waals surface area contributed by atoms with Crippen LogP contribution < -0.4 is 5.32 Å². The number of carboxylic acid groups (broad SMARTS) is 1. The molecule has 0 spiro atoms. The average Bonchev–Trinajstić information content (AvgIpc) is 2.05. The highest BCUT2D eigenvalue weighted by atomic mass is 16.5. The summed E-state index contributed by atoms with van der Waals surface area (Å²) >= 11 is 0. The van der Waals surface area contributed by atoms with E-state index in [0.29, 0.717) is 6.61 Å². The van der Waals surface area contributed by atoms with Crippen molar-refractivity contribution in [3.63, 3.8) is 0 Å². The molecule has 0 saturated carbocycles. The number of esters is 1. The molecule has 1 atom stereocenters. The van der Waals surface area contributed by atoms with Crippen LogP contribution in [0.5, 0.6) is 0 Å². The molecule has 0 bridgehead atoms. The summed E-state index contributed by atoms with van der Waals surface area (Å²) in [5.74, 6) is -1.31. The molecule has 0 aliphatic carbocycles. The van der Waals surface area contributed by atoms with Crippen LogP contribution in [0.2, 0.25) is 0 Å². The van der Waals surface area contributed by atoms with Gasteiger partial charge in [0, 0.05) is 6.42 Å². The third-order valence-corrected chi connectivity index (χ3v) is 1.57. The number of nitrogens with one attached hydrogen (secondary N) is 1. The first-order valence-electron chi connectivity index (χ1n) is 4.17. The van der Waals surface area contributed by atoms with Gasteiger partial charge >= 0.3 is 11.9 Å². The molecule has 13 heavy (non-hydrogen) atoms. The van der Waals surface area contributed by atoms with Crippen LogP contribution in [0.15, 0.2) is 0 Å². The molecule has 0 heterocycles. The molecule has 0 aromatic heterocycles. The minimum atomic E-state index is -0.912. The first kappa shape index (κ1) is 11.9. The summed E-state index contributed by atoms with van der Waals surface area (Å²) in [6, 6.07) is -0.518. The maximum Gasteiger partial charge on any atom is 0.323 e. The van der Waals surface area contributed by atoms with Gasteiger partial charge in [0.05, 0.1) is 6.61 Å². The quantitative estimate of drug-likeness (QED) is 0.575.